The Balaban J connectivity index is 1.75. The molecule has 0 atom stereocenters. The smallest absolute Gasteiger partial charge is 0.261 e. The predicted molar refractivity (Wildman–Crippen MR) is 108 cm³/mol. The van der Waals surface area contributed by atoms with Crippen LogP contribution in [-0.4, -0.2) is 32.5 Å². The molecule has 1 aromatic heterocycles. The fraction of sp³-hybridized carbons (Fsp3) is 0.158. The van der Waals surface area contributed by atoms with E-state index in [-0.39, 0.29) is 4.90 Å². The third-order valence-corrected chi connectivity index (χ3v) is 5.18. The lowest BCUT2D eigenvalue weighted by atomic mass is 10.3. The van der Waals surface area contributed by atoms with Gasteiger partial charge in [-0.25, -0.2) is 17.8 Å². The lowest BCUT2D eigenvalue weighted by molar-refractivity contribution is 0.595. The van der Waals surface area contributed by atoms with Crippen LogP contribution in [0.3, 0.4) is 0 Å². The standard InChI is InChI=1S/C19H20FN5O2S/c1-13-11-18(25(2)3)23-19(21-13)22-15-7-9-16(10-8-15)24-28(26,27)17-6-4-5-14(20)12-17/h4-12,24H,1-3H3,(H,21,22,23). The van der Waals surface area contributed by atoms with Crippen molar-refractivity contribution >= 4 is 33.2 Å². The molecule has 146 valence electrons. The van der Waals surface area contributed by atoms with Gasteiger partial charge >= 0.3 is 0 Å². The van der Waals surface area contributed by atoms with E-state index in [4.69, 9.17) is 0 Å². The molecule has 3 aromatic rings. The van der Waals surface area contributed by atoms with Gasteiger partial charge in [0.2, 0.25) is 5.95 Å². The topological polar surface area (TPSA) is 87.2 Å². The van der Waals surface area contributed by atoms with E-state index in [1.807, 2.05) is 32.0 Å². The molecule has 2 aromatic carbocycles. The number of anilines is 4. The Bertz CT molecular complexity index is 1090. The van der Waals surface area contributed by atoms with Crippen molar-refractivity contribution in [1.29, 1.82) is 0 Å². The zero-order valence-corrected chi connectivity index (χ0v) is 16.5. The highest BCUT2D eigenvalue weighted by Gasteiger charge is 2.14. The van der Waals surface area contributed by atoms with E-state index in [2.05, 4.69) is 20.0 Å². The lowest BCUT2D eigenvalue weighted by Crippen LogP contribution is -2.13. The first-order valence-corrected chi connectivity index (χ1v) is 9.90. The minimum absolute atomic E-state index is 0.140. The number of aromatic nitrogens is 2. The summed E-state index contributed by atoms with van der Waals surface area (Å²) < 4.78 is 40.4. The van der Waals surface area contributed by atoms with Crippen molar-refractivity contribution < 1.29 is 12.8 Å². The Labute approximate surface area is 163 Å². The van der Waals surface area contributed by atoms with Gasteiger partial charge in [-0.05, 0) is 49.4 Å². The van der Waals surface area contributed by atoms with E-state index in [9.17, 15) is 12.8 Å². The molecule has 7 nitrogen and oxygen atoms in total. The van der Waals surface area contributed by atoms with Crippen molar-refractivity contribution in [2.45, 2.75) is 11.8 Å². The molecule has 0 aliphatic carbocycles. The molecule has 3 rings (SSSR count). The summed E-state index contributed by atoms with van der Waals surface area (Å²) in [4.78, 5) is 10.5. The van der Waals surface area contributed by atoms with Gasteiger partial charge in [0.15, 0.2) is 0 Å². The first-order chi connectivity index (χ1) is 13.2. The van der Waals surface area contributed by atoms with Crippen LogP contribution in [-0.2, 0) is 10.0 Å². The molecular weight excluding hydrogens is 381 g/mol. The Morgan fingerprint density at radius 2 is 1.64 bits per heavy atom. The largest absolute Gasteiger partial charge is 0.363 e. The van der Waals surface area contributed by atoms with Gasteiger partial charge in [0.1, 0.15) is 11.6 Å². The summed E-state index contributed by atoms with van der Waals surface area (Å²) in [7, 11) is -0.0811. The zero-order valence-electron chi connectivity index (χ0n) is 15.6. The first-order valence-electron chi connectivity index (χ1n) is 8.41. The third-order valence-electron chi connectivity index (χ3n) is 3.80. The van der Waals surface area contributed by atoms with Crippen LogP contribution in [0.4, 0.5) is 27.5 Å². The first kappa shape index (κ1) is 19.6. The third kappa shape index (κ3) is 4.74. The van der Waals surface area contributed by atoms with E-state index >= 15 is 0 Å². The molecule has 0 aliphatic rings. The van der Waals surface area contributed by atoms with Crippen LogP contribution in [0, 0.1) is 12.7 Å². The summed E-state index contributed by atoms with van der Waals surface area (Å²) in [5, 5.41) is 3.09. The number of halogens is 1. The summed E-state index contributed by atoms with van der Waals surface area (Å²) in [5.74, 6) is 0.601. The number of aryl methyl sites for hydroxylation is 1. The highest BCUT2D eigenvalue weighted by atomic mass is 32.2. The summed E-state index contributed by atoms with van der Waals surface area (Å²) in [6, 6.07) is 13.3. The van der Waals surface area contributed by atoms with E-state index in [1.165, 1.54) is 18.2 Å². The lowest BCUT2D eigenvalue weighted by Gasteiger charge is -2.14. The number of rotatable bonds is 6. The minimum atomic E-state index is -3.87. The zero-order chi connectivity index (χ0) is 20.3. The number of hydrogen-bond acceptors (Lipinski definition) is 6. The fourth-order valence-electron chi connectivity index (χ4n) is 2.44. The second kappa shape index (κ2) is 7.81. The molecular formula is C19H20FN5O2S. The van der Waals surface area contributed by atoms with Gasteiger partial charge in [0, 0.05) is 37.2 Å². The molecule has 9 heteroatoms. The van der Waals surface area contributed by atoms with Crippen LogP contribution in [0.5, 0.6) is 0 Å². The molecule has 0 amide bonds. The highest BCUT2D eigenvalue weighted by Crippen LogP contribution is 2.21. The van der Waals surface area contributed by atoms with Gasteiger partial charge in [0.25, 0.3) is 10.0 Å². The van der Waals surface area contributed by atoms with E-state index in [0.29, 0.717) is 17.3 Å². The maximum absolute atomic E-state index is 13.3. The van der Waals surface area contributed by atoms with E-state index in [1.54, 1.807) is 24.3 Å². The van der Waals surface area contributed by atoms with Crippen LogP contribution in [0.2, 0.25) is 0 Å². The van der Waals surface area contributed by atoms with Crippen LogP contribution in [0.1, 0.15) is 5.69 Å². The minimum Gasteiger partial charge on any atom is -0.363 e. The number of sulfonamides is 1. The maximum Gasteiger partial charge on any atom is 0.261 e. The van der Waals surface area contributed by atoms with Gasteiger partial charge < -0.3 is 10.2 Å². The summed E-state index contributed by atoms with van der Waals surface area (Å²) in [5.41, 5.74) is 1.87. The molecule has 0 fully saturated rings. The highest BCUT2D eigenvalue weighted by molar-refractivity contribution is 7.92. The molecule has 0 saturated carbocycles. The number of nitrogens with zero attached hydrogens (tertiary/aromatic N) is 3. The Morgan fingerprint density at radius 3 is 2.29 bits per heavy atom. The van der Waals surface area contributed by atoms with Crippen molar-refractivity contribution in [3.05, 3.63) is 66.1 Å². The molecule has 0 bridgehead atoms. The average Bonchev–Trinajstić information content (AvgIpc) is 2.62. The van der Waals surface area contributed by atoms with E-state index in [0.717, 1.165) is 17.6 Å². The molecule has 1 heterocycles. The molecule has 28 heavy (non-hydrogen) atoms. The second-order valence-electron chi connectivity index (χ2n) is 6.35. The SMILES string of the molecule is Cc1cc(N(C)C)nc(Nc2ccc(NS(=O)(=O)c3cccc(F)c3)cc2)n1. The van der Waals surface area contributed by atoms with Crippen molar-refractivity contribution in [3.63, 3.8) is 0 Å². The average molecular weight is 401 g/mol. The normalized spacial score (nSPS) is 11.1. The maximum atomic E-state index is 13.3. The van der Waals surface area contributed by atoms with E-state index < -0.39 is 15.8 Å². The van der Waals surface area contributed by atoms with Gasteiger partial charge in [-0.15, -0.1) is 0 Å². The predicted octanol–water partition coefficient (Wildman–Crippen LogP) is 3.53. The fourth-order valence-corrected chi connectivity index (χ4v) is 3.53. The van der Waals surface area contributed by atoms with Crippen LogP contribution >= 0.6 is 0 Å². The molecule has 0 unspecified atom stereocenters. The Kier molecular flexibility index (Phi) is 5.46. The molecule has 0 spiro atoms. The van der Waals surface area contributed by atoms with Gasteiger partial charge in [-0.3, -0.25) is 4.72 Å². The Morgan fingerprint density at radius 1 is 0.964 bits per heavy atom. The van der Waals surface area contributed by atoms with Gasteiger partial charge in [-0.2, -0.15) is 4.98 Å². The Hall–Kier alpha value is -3.20. The summed E-state index contributed by atoms with van der Waals surface area (Å²) in [6.45, 7) is 1.88. The quantitative estimate of drug-likeness (QED) is 0.657. The molecule has 0 saturated heterocycles. The van der Waals surface area contributed by atoms with Crippen molar-refractivity contribution in [3.8, 4) is 0 Å². The summed E-state index contributed by atoms with van der Waals surface area (Å²) in [6.07, 6.45) is 0. The number of hydrogen-bond donors (Lipinski definition) is 2. The van der Waals surface area contributed by atoms with Crippen molar-refractivity contribution in [2.24, 2.45) is 0 Å². The number of nitrogens with one attached hydrogen (secondary N) is 2. The molecule has 0 aliphatic heterocycles. The summed E-state index contributed by atoms with van der Waals surface area (Å²) >= 11 is 0. The monoisotopic (exact) mass is 401 g/mol. The molecule has 0 radical (unpaired) electrons. The van der Waals surface area contributed by atoms with Crippen LogP contribution < -0.4 is 14.9 Å². The second-order valence-corrected chi connectivity index (χ2v) is 8.03. The van der Waals surface area contributed by atoms with Crippen molar-refractivity contribution in [1.82, 2.24) is 9.97 Å². The van der Waals surface area contributed by atoms with Gasteiger partial charge in [-0.1, -0.05) is 6.07 Å². The number of benzene rings is 2. The van der Waals surface area contributed by atoms with Crippen LogP contribution in [0.25, 0.3) is 0 Å². The van der Waals surface area contributed by atoms with Crippen molar-refractivity contribution in [2.75, 3.05) is 29.0 Å². The van der Waals surface area contributed by atoms with Crippen LogP contribution in [0.15, 0.2) is 59.5 Å². The molecule has 2 N–H and O–H groups in total. The van der Waals surface area contributed by atoms with Gasteiger partial charge in [0.05, 0.1) is 4.90 Å².